The molecule has 0 amide bonds. The van der Waals surface area contributed by atoms with Crippen molar-refractivity contribution < 1.29 is 4.74 Å². The third-order valence-electron chi connectivity index (χ3n) is 3.22. The second kappa shape index (κ2) is 5.83. The van der Waals surface area contributed by atoms with E-state index in [4.69, 9.17) is 16.3 Å². The van der Waals surface area contributed by atoms with Gasteiger partial charge in [-0.05, 0) is 18.8 Å². The molecule has 5 N–H and O–H groups in total. The van der Waals surface area contributed by atoms with Crippen LogP contribution in [0, 0.1) is 5.92 Å². The van der Waals surface area contributed by atoms with Crippen LogP contribution in [-0.2, 0) is 4.74 Å². The lowest BCUT2D eigenvalue weighted by Crippen LogP contribution is -2.35. The van der Waals surface area contributed by atoms with E-state index >= 15 is 0 Å². The van der Waals surface area contributed by atoms with Crippen LogP contribution in [0.5, 0.6) is 0 Å². The molecule has 0 unspecified atom stereocenters. The number of piperidine rings is 1. The quantitative estimate of drug-likeness (QED) is 0.520. The van der Waals surface area contributed by atoms with Gasteiger partial charge in [0.15, 0.2) is 0 Å². The van der Waals surface area contributed by atoms with Gasteiger partial charge in [0.05, 0.1) is 0 Å². The highest BCUT2D eigenvalue weighted by atomic mass is 16.5. The van der Waals surface area contributed by atoms with Gasteiger partial charge in [-0.2, -0.15) is 9.97 Å². The van der Waals surface area contributed by atoms with Crippen LogP contribution >= 0.6 is 0 Å². The minimum Gasteiger partial charge on any atom is -0.384 e. The number of hydrazine groups is 1. The van der Waals surface area contributed by atoms with Crippen molar-refractivity contribution in [1.29, 1.82) is 0 Å². The number of nitrogens with one attached hydrogen (secondary N) is 1. The smallest absolute Gasteiger partial charge is 0.223 e. The monoisotopic (exact) mass is 252 g/mol. The predicted octanol–water partition coefficient (Wildman–Crippen LogP) is 0.207. The lowest BCUT2D eigenvalue weighted by atomic mass is 9.98. The summed E-state index contributed by atoms with van der Waals surface area (Å²) in [5.74, 6) is 7.58. The number of nitrogen functional groups attached to an aromatic ring is 2. The van der Waals surface area contributed by atoms with Gasteiger partial charge in [-0.1, -0.05) is 0 Å². The summed E-state index contributed by atoms with van der Waals surface area (Å²) in [6.45, 7) is 2.73. The second-order valence-electron chi connectivity index (χ2n) is 4.50. The number of nitrogens with two attached hydrogens (primary N) is 2. The van der Waals surface area contributed by atoms with Crippen molar-refractivity contribution in [2.45, 2.75) is 12.8 Å². The van der Waals surface area contributed by atoms with E-state index in [0.717, 1.165) is 38.4 Å². The van der Waals surface area contributed by atoms with Crippen LogP contribution in [-0.4, -0.2) is 36.8 Å². The molecule has 1 aliphatic heterocycles. The maximum absolute atomic E-state index is 5.65. The summed E-state index contributed by atoms with van der Waals surface area (Å²) in [6, 6.07) is 1.81. The molecule has 2 heterocycles. The van der Waals surface area contributed by atoms with Gasteiger partial charge in [-0.15, -0.1) is 0 Å². The summed E-state index contributed by atoms with van der Waals surface area (Å²) in [5, 5.41) is 0. The third-order valence-corrected chi connectivity index (χ3v) is 3.22. The molecule has 7 nitrogen and oxygen atoms in total. The standard InChI is InChI=1S/C11H20N6O/c1-18-7-8-2-4-17(5-3-8)10-6-9(16-13)14-11(12)15-10/h6,8H,2-5,7,13H2,1H3,(H3,12,14,15,16). The molecular formula is C11H20N6O. The largest absolute Gasteiger partial charge is 0.384 e. The number of methoxy groups -OCH3 is 1. The van der Waals surface area contributed by atoms with E-state index in [0.29, 0.717) is 11.7 Å². The van der Waals surface area contributed by atoms with Crippen LogP contribution in [0.2, 0.25) is 0 Å². The van der Waals surface area contributed by atoms with Gasteiger partial charge < -0.3 is 20.8 Å². The molecule has 18 heavy (non-hydrogen) atoms. The minimum absolute atomic E-state index is 0.236. The van der Waals surface area contributed by atoms with Crippen LogP contribution in [0.25, 0.3) is 0 Å². The fourth-order valence-corrected chi connectivity index (χ4v) is 2.25. The fraction of sp³-hybridized carbons (Fsp3) is 0.636. The molecule has 1 aromatic rings. The van der Waals surface area contributed by atoms with Crippen molar-refractivity contribution in [3.8, 4) is 0 Å². The van der Waals surface area contributed by atoms with Gasteiger partial charge in [0.1, 0.15) is 11.6 Å². The van der Waals surface area contributed by atoms with E-state index in [1.165, 1.54) is 0 Å². The van der Waals surface area contributed by atoms with Gasteiger partial charge in [0.25, 0.3) is 0 Å². The van der Waals surface area contributed by atoms with Gasteiger partial charge >= 0.3 is 0 Å². The molecule has 0 atom stereocenters. The molecule has 1 aromatic heterocycles. The number of nitrogens with zero attached hydrogens (tertiary/aromatic N) is 3. The van der Waals surface area contributed by atoms with Gasteiger partial charge in [0.2, 0.25) is 5.95 Å². The van der Waals surface area contributed by atoms with Crippen LogP contribution < -0.4 is 21.9 Å². The summed E-state index contributed by atoms with van der Waals surface area (Å²) in [4.78, 5) is 10.4. The molecule has 100 valence electrons. The maximum Gasteiger partial charge on any atom is 0.223 e. The topological polar surface area (TPSA) is 102 Å². The van der Waals surface area contributed by atoms with Gasteiger partial charge in [0, 0.05) is 32.9 Å². The molecule has 0 spiro atoms. The first-order valence-electron chi connectivity index (χ1n) is 6.08. The van der Waals surface area contributed by atoms with Gasteiger partial charge in [-0.3, -0.25) is 0 Å². The normalized spacial score (nSPS) is 16.9. The number of hydrogen-bond donors (Lipinski definition) is 3. The molecule has 0 aliphatic carbocycles. The summed E-state index contributed by atoms with van der Waals surface area (Å²) in [6.07, 6.45) is 2.20. The zero-order valence-corrected chi connectivity index (χ0v) is 10.6. The van der Waals surface area contributed by atoms with E-state index in [-0.39, 0.29) is 5.95 Å². The molecule has 7 heteroatoms. The molecule has 1 fully saturated rings. The molecule has 1 aliphatic rings. The van der Waals surface area contributed by atoms with Crippen molar-refractivity contribution >= 4 is 17.6 Å². The van der Waals surface area contributed by atoms with Crippen LogP contribution in [0.1, 0.15) is 12.8 Å². The van der Waals surface area contributed by atoms with Crippen molar-refractivity contribution in [1.82, 2.24) is 9.97 Å². The number of anilines is 3. The molecular weight excluding hydrogens is 232 g/mol. The Kier molecular flexibility index (Phi) is 4.16. The lowest BCUT2D eigenvalue weighted by Gasteiger charge is -2.32. The third kappa shape index (κ3) is 2.99. The fourth-order valence-electron chi connectivity index (χ4n) is 2.25. The van der Waals surface area contributed by atoms with Crippen molar-refractivity contribution in [3.05, 3.63) is 6.07 Å². The highest BCUT2D eigenvalue weighted by Crippen LogP contribution is 2.23. The van der Waals surface area contributed by atoms with Crippen molar-refractivity contribution in [2.75, 3.05) is 42.9 Å². The Labute approximate surface area is 106 Å². The molecule has 0 radical (unpaired) electrons. The van der Waals surface area contributed by atoms with Crippen LogP contribution in [0.4, 0.5) is 17.6 Å². The van der Waals surface area contributed by atoms with Crippen molar-refractivity contribution in [2.24, 2.45) is 11.8 Å². The Hall–Kier alpha value is -1.60. The minimum atomic E-state index is 0.236. The zero-order chi connectivity index (χ0) is 13.0. The van der Waals surface area contributed by atoms with Crippen LogP contribution in [0.15, 0.2) is 6.07 Å². The average Bonchev–Trinajstić information content (AvgIpc) is 2.39. The molecule has 2 rings (SSSR count). The molecule has 1 saturated heterocycles. The number of ether oxygens (including phenoxy) is 1. The first-order valence-corrected chi connectivity index (χ1v) is 6.08. The predicted molar refractivity (Wildman–Crippen MR) is 71.1 cm³/mol. The second-order valence-corrected chi connectivity index (χ2v) is 4.50. The Balaban J connectivity index is 2.02. The van der Waals surface area contributed by atoms with Crippen molar-refractivity contribution in [3.63, 3.8) is 0 Å². The first kappa shape index (κ1) is 12.8. The number of aromatic nitrogens is 2. The Morgan fingerprint density at radius 3 is 2.78 bits per heavy atom. The Bertz CT molecular complexity index is 391. The summed E-state index contributed by atoms with van der Waals surface area (Å²) >= 11 is 0. The number of rotatable bonds is 4. The lowest BCUT2D eigenvalue weighted by molar-refractivity contribution is 0.139. The maximum atomic E-state index is 5.65. The van der Waals surface area contributed by atoms with E-state index in [2.05, 4.69) is 20.3 Å². The van der Waals surface area contributed by atoms with E-state index in [9.17, 15) is 0 Å². The SMILES string of the molecule is COCC1CCN(c2cc(NN)nc(N)n2)CC1. The summed E-state index contributed by atoms with van der Waals surface area (Å²) in [5.41, 5.74) is 8.15. The Morgan fingerprint density at radius 1 is 1.44 bits per heavy atom. The van der Waals surface area contributed by atoms with E-state index in [1.54, 1.807) is 7.11 Å². The molecule has 0 aromatic carbocycles. The first-order chi connectivity index (χ1) is 8.72. The molecule has 0 saturated carbocycles. The zero-order valence-electron chi connectivity index (χ0n) is 10.6. The van der Waals surface area contributed by atoms with Gasteiger partial charge in [-0.25, -0.2) is 5.84 Å². The summed E-state index contributed by atoms with van der Waals surface area (Å²) in [7, 11) is 1.75. The van der Waals surface area contributed by atoms with Crippen LogP contribution in [0.3, 0.4) is 0 Å². The highest BCUT2D eigenvalue weighted by Gasteiger charge is 2.20. The summed E-state index contributed by atoms with van der Waals surface area (Å²) < 4.78 is 5.19. The number of hydrogen-bond acceptors (Lipinski definition) is 7. The highest BCUT2D eigenvalue weighted by molar-refractivity contribution is 5.52. The van der Waals surface area contributed by atoms with E-state index < -0.39 is 0 Å². The average molecular weight is 252 g/mol. The molecule has 0 bridgehead atoms. The Morgan fingerprint density at radius 2 is 2.17 bits per heavy atom. The van der Waals surface area contributed by atoms with E-state index in [1.807, 2.05) is 6.07 Å².